The van der Waals surface area contributed by atoms with E-state index in [1.807, 2.05) is 103 Å². The molecule has 0 radical (unpaired) electrons. The van der Waals surface area contributed by atoms with Crippen molar-refractivity contribution in [3.05, 3.63) is 173 Å². The minimum atomic E-state index is -5.02. The molecule has 0 bridgehead atoms. The maximum absolute atomic E-state index is 13.9. The van der Waals surface area contributed by atoms with Crippen LogP contribution in [0.5, 0.6) is 0 Å². The molecule has 2 unspecified atom stereocenters. The number of aromatic nitrogens is 2. The number of hydrogen-bond acceptors (Lipinski definition) is 10. The van der Waals surface area contributed by atoms with Gasteiger partial charge >= 0.3 is 20.4 Å². The van der Waals surface area contributed by atoms with Crippen LogP contribution >= 0.6 is 22.7 Å². The summed E-state index contributed by atoms with van der Waals surface area (Å²) < 4.78 is 73.2. The van der Waals surface area contributed by atoms with Crippen molar-refractivity contribution in [2.45, 2.75) is 21.6 Å². The Labute approximate surface area is 338 Å². The van der Waals surface area contributed by atoms with E-state index >= 15 is 0 Å². The van der Waals surface area contributed by atoms with Gasteiger partial charge in [0, 0.05) is 57.9 Å². The van der Waals surface area contributed by atoms with Crippen LogP contribution < -0.4 is 0 Å². The van der Waals surface area contributed by atoms with Crippen LogP contribution in [0.3, 0.4) is 0 Å². The van der Waals surface area contributed by atoms with E-state index in [4.69, 9.17) is 0 Å². The average Bonchev–Trinajstić information content (AvgIpc) is 4.01. The largest absolute Gasteiger partial charge is 0.354 e. The molecule has 0 amide bonds. The van der Waals surface area contributed by atoms with Gasteiger partial charge in [0.15, 0.2) is 0 Å². The SMILES string of the molecule is O=[N+]([O-])CC(c1cc(S(=O)(=O)F)cs1)c1c(-c2ccccc2)[nH]c2ccccc12.O=[N+]([O-])CC(c1sccc1S(=O)(=O)F)c1c(-c2ccccc2)[nH]c2ccccc12. The Morgan fingerprint density at radius 2 is 1.07 bits per heavy atom. The van der Waals surface area contributed by atoms with Crippen LogP contribution in [0.1, 0.15) is 32.7 Å². The van der Waals surface area contributed by atoms with Crippen LogP contribution in [-0.4, -0.2) is 49.7 Å². The van der Waals surface area contributed by atoms with Gasteiger partial charge in [-0.05, 0) is 40.8 Å². The smallest absolute Gasteiger partial charge is 0.333 e. The predicted octanol–water partition coefficient (Wildman–Crippen LogP) is 9.93. The molecular weight excluding hydrogens is 831 g/mol. The quantitative estimate of drug-likeness (QED) is 0.0690. The first kappa shape index (κ1) is 40.1. The molecule has 58 heavy (non-hydrogen) atoms. The van der Waals surface area contributed by atoms with Crippen molar-refractivity contribution in [3.63, 3.8) is 0 Å². The van der Waals surface area contributed by atoms with E-state index in [1.54, 1.807) is 6.07 Å². The minimum absolute atomic E-state index is 0.117. The molecule has 296 valence electrons. The summed E-state index contributed by atoms with van der Waals surface area (Å²) >= 11 is 2.00. The predicted molar refractivity (Wildman–Crippen MR) is 220 cm³/mol. The lowest BCUT2D eigenvalue weighted by Gasteiger charge is -2.15. The molecule has 18 heteroatoms. The molecule has 0 saturated heterocycles. The Balaban J connectivity index is 0.000000177. The van der Waals surface area contributed by atoms with Crippen LogP contribution in [0.25, 0.3) is 44.3 Å². The van der Waals surface area contributed by atoms with Crippen molar-refractivity contribution in [1.82, 2.24) is 9.97 Å². The highest BCUT2D eigenvalue weighted by Gasteiger charge is 2.34. The molecule has 12 nitrogen and oxygen atoms in total. The number of thiophene rings is 2. The third-order valence-electron chi connectivity index (χ3n) is 9.43. The molecule has 2 atom stereocenters. The molecule has 0 aliphatic heterocycles. The molecule has 4 heterocycles. The fourth-order valence-electron chi connectivity index (χ4n) is 7.05. The highest BCUT2D eigenvalue weighted by atomic mass is 32.3. The zero-order valence-electron chi connectivity index (χ0n) is 29.8. The second-order valence-electron chi connectivity index (χ2n) is 13.0. The highest BCUT2D eigenvalue weighted by molar-refractivity contribution is 7.86. The normalized spacial score (nSPS) is 12.9. The third-order valence-corrected chi connectivity index (χ3v) is 13.5. The summed E-state index contributed by atoms with van der Waals surface area (Å²) in [6.07, 6.45) is 0. The highest BCUT2D eigenvalue weighted by Crippen LogP contribution is 2.44. The number of nitro groups is 2. The average molecular weight is 861 g/mol. The summed E-state index contributed by atoms with van der Waals surface area (Å²) in [5.74, 6) is -1.67. The van der Waals surface area contributed by atoms with Gasteiger partial charge in [-0.2, -0.15) is 16.8 Å². The lowest BCUT2D eigenvalue weighted by atomic mass is 9.92. The third kappa shape index (κ3) is 8.45. The fraction of sp³-hybridized carbons (Fsp3) is 0.100. The standard InChI is InChI=1S/2C20H15FN2O4S2/c21-29(26,27)14-10-18(28-12-14)16(11-23(24)25)19-15-8-4-5-9-17(15)22-20(19)13-6-2-1-3-7-13;21-29(26,27)17-10-11-28-20(17)15(12-23(24)25)18-14-8-4-5-9-16(14)22-19(18)13-6-2-1-3-7-13/h1-10,12,16,22H,11H2;1-11,15,22H,12H2. The zero-order chi connectivity index (χ0) is 41.2. The van der Waals surface area contributed by atoms with E-state index in [2.05, 4.69) is 9.97 Å². The first-order valence-corrected chi connectivity index (χ1v) is 21.8. The molecule has 8 rings (SSSR count). The summed E-state index contributed by atoms with van der Waals surface area (Å²) in [6.45, 7) is -1.02. The number of nitrogens with zero attached hydrogens (tertiary/aromatic N) is 2. The van der Waals surface area contributed by atoms with E-state index in [9.17, 15) is 44.8 Å². The lowest BCUT2D eigenvalue weighted by Crippen LogP contribution is -2.15. The molecule has 4 aromatic heterocycles. The number of benzene rings is 4. The molecular formula is C40H30F2N4O8S4. The minimum Gasteiger partial charge on any atom is -0.354 e. The summed E-state index contributed by atoms with van der Waals surface area (Å²) in [5, 5.41) is 27.1. The Hall–Kier alpha value is -6.08. The van der Waals surface area contributed by atoms with Crippen molar-refractivity contribution < 1.29 is 34.5 Å². The van der Waals surface area contributed by atoms with Gasteiger partial charge < -0.3 is 9.97 Å². The summed E-state index contributed by atoms with van der Waals surface area (Å²) in [6, 6.07) is 35.7. The van der Waals surface area contributed by atoms with Crippen LogP contribution in [0, 0.1) is 20.2 Å². The maximum atomic E-state index is 13.9. The fourth-order valence-corrected chi connectivity index (χ4v) is 10.9. The van der Waals surface area contributed by atoms with Gasteiger partial charge in [0.25, 0.3) is 0 Å². The monoisotopic (exact) mass is 860 g/mol. The van der Waals surface area contributed by atoms with E-state index in [-0.39, 0.29) is 4.88 Å². The number of aromatic amines is 2. The Bertz CT molecular complexity index is 3000. The van der Waals surface area contributed by atoms with Crippen molar-refractivity contribution in [2.75, 3.05) is 13.1 Å². The van der Waals surface area contributed by atoms with Gasteiger partial charge in [0.1, 0.15) is 9.79 Å². The van der Waals surface area contributed by atoms with Crippen LogP contribution in [0.2, 0.25) is 0 Å². The number of para-hydroxylation sites is 2. The molecule has 4 aromatic carbocycles. The van der Waals surface area contributed by atoms with Crippen molar-refractivity contribution in [1.29, 1.82) is 0 Å². The number of halogens is 2. The number of H-pyrrole nitrogens is 2. The molecule has 8 aromatic rings. The molecule has 0 fully saturated rings. The number of fused-ring (bicyclic) bond motifs is 2. The summed E-state index contributed by atoms with van der Waals surface area (Å²) in [5.41, 5.74) is 5.85. The summed E-state index contributed by atoms with van der Waals surface area (Å²) in [4.78, 5) is 28.2. The van der Waals surface area contributed by atoms with Gasteiger partial charge in [-0.1, -0.05) is 97.1 Å². The van der Waals surface area contributed by atoms with Crippen LogP contribution in [0.15, 0.2) is 142 Å². The van der Waals surface area contributed by atoms with Gasteiger partial charge in [-0.3, -0.25) is 20.2 Å². The van der Waals surface area contributed by atoms with Gasteiger partial charge in [-0.25, -0.2) is 0 Å². The Morgan fingerprint density at radius 1 is 0.603 bits per heavy atom. The van der Waals surface area contributed by atoms with Crippen LogP contribution in [-0.2, 0) is 20.4 Å². The van der Waals surface area contributed by atoms with Crippen molar-refractivity contribution in [3.8, 4) is 22.5 Å². The first-order chi connectivity index (χ1) is 27.7. The molecule has 0 saturated carbocycles. The number of hydrogen-bond donors (Lipinski definition) is 2. The second kappa shape index (κ2) is 16.4. The molecule has 0 aliphatic rings. The van der Waals surface area contributed by atoms with Gasteiger partial charge in [-0.15, -0.1) is 30.4 Å². The Kier molecular flexibility index (Phi) is 11.4. The molecule has 0 aliphatic carbocycles. The van der Waals surface area contributed by atoms with E-state index < -0.39 is 65.0 Å². The maximum Gasteiger partial charge on any atom is 0.333 e. The van der Waals surface area contributed by atoms with Crippen molar-refractivity contribution >= 4 is 64.9 Å². The topological polar surface area (TPSA) is 186 Å². The Morgan fingerprint density at radius 3 is 1.53 bits per heavy atom. The summed E-state index contributed by atoms with van der Waals surface area (Å²) in [7, 11) is -9.90. The zero-order valence-corrected chi connectivity index (χ0v) is 33.1. The van der Waals surface area contributed by atoms with Crippen molar-refractivity contribution in [2.24, 2.45) is 0 Å². The number of rotatable bonds is 12. The lowest BCUT2D eigenvalue weighted by molar-refractivity contribution is -0.481. The first-order valence-electron chi connectivity index (χ1n) is 17.3. The molecule has 2 N–H and O–H groups in total. The van der Waals surface area contributed by atoms with E-state index in [0.29, 0.717) is 21.7 Å². The van der Waals surface area contributed by atoms with E-state index in [1.165, 1.54) is 16.8 Å². The van der Waals surface area contributed by atoms with Gasteiger partial charge in [0.2, 0.25) is 13.1 Å². The van der Waals surface area contributed by atoms with Crippen LogP contribution in [0.4, 0.5) is 7.77 Å². The second-order valence-corrected chi connectivity index (χ2v) is 17.5. The van der Waals surface area contributed by atoms with Gasteiger partial charge in [0.05, 0.1) is 23.2 Å². The van der Waals surface area contributed by atoms with E-state index in [0.717, 1.165) is 67.4 Å². The molecule has 0 spiro atoms. The number of nitrogens with one attached hydrogen (secondary N) is 2.